The number of carbonyl (C=O) groups is 1. The lowest BCUT2D eigenvalue weighted by Crippen LogP contribution is -2.37. The first-order valence-corrected chi connectivity index (χ1v) is 12.4. The van der Waals surface area contributed by atoms with Gasteiger partial charge in [-0.2, -0.15) is 0 Å². The fourth-order valence-corrected chi connectivity index (χ4v) is 6.03. The number of amides is 1. The first-order chi connectivity index (χ1) is 13.7. The third-order valence-corrected chi connectivity index (χ3v) is 8.35. The van der Waals surface area contributed by atoms with Crippen molar-refractivity contribution in [1.82, 2.24) is 19.2 Å². The number of hydrogen-bond acceptors (Lipinski definition) is 5. The van der Waals surface area contributed by atoms with Crippen molar-refractivity contribution in [3.8, 4) is 10.7 Å². The number of sulfonamides is 1. The molecule has 1 aliphatic heterocycles. The lowest BCUT2D eigenvalue weighted by molar-refractivity contribution is 0.0701. The number of nitrogens with zero attached hydrogens (tertiary/aromatic N) is 3. The zero-order valence-electron chi connectivity index (χ0n) is 17.8. The molecule has 7 nitrogen and oxygen atoms in total. The van der Waals surface area contributed by atoms with Crippen LogP contribution in [0.1, 0.15) is 54.2 Å². The van der Waals surface area contributed by atoms with Crippen LogP contribution in [0.25, 0.3) is 10.7 Å². The molecule has 0 radical (unpaired) electrons. The summed E-state index contributed by atoms with van der Waals surface area (Å²) in [6.07, 6.45) is 2.78. The fraction of sp³-hybridized carbons (Fsp3) is 0.600. The highest BCUT2D eigenvalue weighted by Crippen LogP contribution is 2.33. The number of carbonyl (C=O) groups excluding carboxylic acids is 1. The maximum Gasteiger partial charge on any atom is 0.265 e. The van der Waals surface area contributed by atoms with E-state index in [0.29, 0.717) is 39.4 Å². The van der Waals surface area contributed by atoms with E-state index in [1.54, 1.807) is 13.0 Å². The standard InChI is InChI=1S/C20H30N4O3S2/c1-6-9-21-29(26,27)17-12-16(23(5)15(17)4)19-22-14(3)18(28-19)20(25)24-10-7-13(2)8-11-24/h12-13,21H,6-11H2,1-5H3. The first-order valence-electron chi connectivity index (χ1n) is 10.1. The Hall–Kier alpha value is -1.71. The third kappa shape index (κ3) is 4.41. The zero-order valence-corrected chi connectivity index (χ0v) is 19.4. The quantitative estimate of drug-likeness (QED) is 0.750. The summed E-state index contributed by atoms with van der Waals surface area (Å²) in [6, 6.07) is 1.66. The zero-order chi connectivity index (χ0) is 21.3. The van der Waals surface area contributed by atoms with Gasteiger partial charge < -0.3 is 9.47 Å². The first kappa shape index (κ1) is 22.0. The summed E-state index contributed by atoms with van der Waals surface area (Å²) in [5, 5.41) is 0.666. The lowest BCUT2D eigenvalue weighted by Gasteiger charge is -2.30. The molecule has 2 aromatic rings. The van der Waals surface area contributed by atoms with E-state index in [1.807, 2.05) is 30.4 Å². The van der Waals surface area contributed by atoms with Crippen molar-refractivity contribution in [1.29, 1.82) is 0 Å². The van der Waals surface area contributed by atoms with E-state index < -0.39 is 10.0 Å². The van der Waals surface area contributed by atoms with Crippen LogP contribution >= 0.6 is 11.3 Å². The number of rotatable bonds is 6. The van der Waals surface area contributed by atoms with Crippen LogP contribution in [-0.2, 0) is 17.1 Å². The van der Waals surface area contributed by atoms with Gasteiger partial charge in [-0.25, -0.2) is 18.1 Å². The Morgan fingerprint density at radius 2 is 1.97 bits per heavy atom. The van der Waals surface area contributed by atoms with Crippen LogP contribution in [0.15, 0.2) is 11.0 Å². The summed E-state index contributed by atoms with van der Waals surface area (Å²) in [5.41, 5.74) is 2.05. The van der Waals surface area contributed by atoms with Gasteiger partial charge in [0.05, 0.1) is 11.4 Å². The van der Waals surface area contributed by atoms with Crippen LogP contribution in [0.3, 0.4) is 0 Å². The largest absolute Gasteiger partial charge is 0.345 e. The van der Waals surface area contributed by atoms with E-state index in [0.717, 1.165) is 32.4 Å². The molecule has 1 fully saturated rings. The molecule has 0 aromatic carbocycles. The van der Waals surface area contributed by atoms with E-state index in [1.165, 1.54) is 11.3 Å². The average Bonchev–Trinajstić information content (AvgIpc) is 3.21. The van der Waals surface area contributed by atoms with Crippen molar-refractivity contribution in [2.75, 3.05) is 19.6 Å². The summed E-state index contributed by atoms with van der Waals surface area (Å²) >= 11 is 1.34. The molecule has 2 aromatic heterocycles. The molecule has 3 heterocycles. The molecule has 0 bridgehead atoms. The maximum absolute atomic E-state index is 13.0. The van der Waals surface area contributed by atoms with Crippen LogP contribution in [0.5, 0.6) is 0 Å². The predicted octanol–water partition coefficient (Wildman–Crippen LogP) is 3.33. The smallest absolute Gasteiger partial charge is 0.265 e. The molecule has 160 valence electrons. The van der Waals surface area contributed by atoms with Crippen LogP contribution in [0.2, 0.25) is 0 Å². The normalized spacial score (nSPS) is 15.8. The molecule has 1 amide bonds. The van der Waals surface area contributed by atoms with Gasteiger partial charge in [-0.3, -0.25) is 4.79 Å². The number of thiazole rings is 1. The number of aryl methyl sites for hydroxylation is 1. The Balaban J connectivity index is 1.92. The van der Waals surface area contributed by atoms with Crippen molar-refractivity contribution in [2.45, 2.75) is 51.9 Å². The molecule has 0 atom stereocenters. The number of nitrogens with one attached hydrogen (secondary N) is 1. The highest BCUT2D eigenvalue weighted by atomic mass is 32.2. The topological polar surface area (TPSA) is 84.3 Å². The monoisotopic (exact) mass is 438 g/mol. The van der Waals surface area contributed by atoms with E-state index in [-0.39, 0.29) is 10.8 Å². The number of likely N-dealkylation sites (tertiary alicyclic amines) is 1. The van der Waals surface area contributed by atoms with Gasteiger partial charge in [-0.15, -0.1) is 11.3 Å². The summed E-state index contributed by atoms with van der Waals surface area (Å²) in [6.45, 7) is 9.72. The predicted molar refractivity (Wildman–Crippen MR) is 116 cm³/mol. The third-order valence-electron chi connectivity index (χ3n) is 5.60. The van der Waals surface area contributed by atoms with Crippen molar-refractivity contribution < 1.29 is 13.2 Å². The van der Waals surface area contributed by atoms with Crippen molar-refractivity contribution >= 4 is 27.3 Å². The van der Waals surface area contributed by atoms with Gasteiger partial charge in [0.2, 0.25) is 10.0 Å². The minimum atomic E-state index is -3.57. The van der Waals surface area contributed by atoms with Gasteiger partial charge in [0.1, 0.15) is 14.8 Å². The SMILES string of the molecule is CCCNS(=O)(=O)c1cc(-c2nc(C)c(C(=O)N3CCC(C)CC3)s2)n(C)c1C. The summed E-state index contributed by atoms with van der Waals surface area (Å²) in [7, 11) is -1.75. The molecule has 3 rings (SSSR count). The Morgan fingerprint density at radius 3 is 2.59 bits per heavy atom. The minimum absolute atomic E-state index is 0.0292. The Kier molecular flexibility index (Phi) is 6.50. The summed E-state index contributed by atoms with van der Waals surface area (Å²) < 4.78 is 29.7. The highest BCUT2D eigenvalue weighted by Gasteiger charge is 2.27. The maximum atomic E-state index is 13.0. The van der Waals surface area contributed by atoms with Crippen molar-refractivity contribution in [3.05, 3.63) is 22.3 Å². The second-order valence-corrected chi connectivity index (χ2v) is 10.6. The van der Waals surface area contributed by atoms with Gasteiger partial charge >= 0.3 is 0 Å². The second-order valence-electron chi connectivity index (χ2n) is 7.84. The van der Waals surface area contributed by atoms with Crippen LogP contribution < -0.4 is 4.72 Å². The number of piperidine rings is 1. The van der Waals surface area contributed by atoms with Gasteiger partial charge in [0.25, 0.3) is 5.91 Å². The van der Waals surface area contributed by atoms with Gasteiger partial charge in [-0.05, 0) is 45.1 Å². The van der Waals surface area contributed by atoms with Gasteiger partial charge in [0.15, 0.2) is 0 Å². The molecule has 9 heteroatoms. The van der Waals surface area contributed by atoms with Crippen LogP contribution in [0.4, 0.5) is 0 Å². The average molecular weight is 439 g/mol. The molecule has 1 N–H and O–H groups in total. The Bertz CT molecular complexity index is 999. The Labute approximate surface area is 177 Å². The van der Waals surface area contributed by atoms with Crippen molar-refractivity contribution in [3.63, 3.8) is 0 Å². The fourth-order valence-electron chi connectivity index (χ4n) is 3.52. The van der Waals surface area contributed by atoms with E-state index >= 15 is 0 Å². The van der Waals surface area contributed by atoms with Gasteiger partial charge in [-0.1, -0.05) is 13.8 Å². The van der Waals surface area contributed by atoms with Crippen LogP contribution in [0, 0.1) is 19.8 Å². The van der Waals surface area contributed by atoms with Gasteiger partial charge in [0, 0.05) is 32.4 Å². The number of hydrogen-bond donors (Lipinski definition) is 1. The molecule has 1 saturated heterocycles. The summed E-state index contributed by atoms with van der Waals surface area (Å²) in [4.78, 5) is 20.4. The molecular weight excluding hydrogens is 408 g/mol. The second kappa shape index (κ2) is 8.57. The molecule has 1 aliphatic rings. The van der Waals surface area contributed by atoms with E-state index in [4.69, 9.17) is 0 Å². The molecular formula is C20H30N4O3S2. The molecule has 0 unspecified atom stereocenters. The minimum Gasteiger partial charge on any atom is -0.345 e. The number of aromatic nitrogens is 2. The van der Waals surface area contributed by atoms with Crippen molar-refractivity contribution in [2.24, 2.45) is 13.0 Å². The molecule has 0 saturated carbocycles. The molecule has 0 spiro atoms. The molecule has 29 heavy (non-hydrogen) atoms. The summed E-state index contributed by atoms with van der Waals surface area (Å²) in [5.74, 6) is 0.687. The van der Waals surface area contributed by atoms with E-state index in [2.05, 4.69) is 16.6 Å². The Morgan fingerprint density at radius 1 is 1.31 bits per heavy atom. The lowest BCUT2D eigenvalue weighted by atomic mass is 9.99. The molecule has 0 aliphatic carbocycles. The van der Waals surface area contributed by atoms with Crippen LogP contribution in [-0.4, -0.2) is 48.4 Å². The highest BCUT2D eigenvalue weighted by molar-refractivity contribution is 7.89. The van der Waals surface area contributed by atoms with E-state index in [9.17, 15) is 13.2 Å².